The highest BCUT2D eigenvalue weighted by atomic mass is 16.2. The van der Waals surface area contributed by atoms with Crippen molar-refractivity contribution in [2.75, 3.05) is 157 Å². The van der Waals surface area contributed by atoms with E-state index in [1.54, 1.807) is 0 Å². The molecule has 0 fully saturated rings. The highest BCUT2D eigenvalue weighted by Crippen LogP contribution is 2.18. The van der Waals surface area contributed by atoms with Crippen LogP contribution in [0.2, 0.25) is 0 Å². The van der Waals surface area contributed by atoms with Gasteiger partial charge in [0.2, 0.25) is 23.6 Å². The Hall–Kier alpha value is -5.97. The Morgan fingerprint density at radius 1 is 0.211 bits per heavy atom. The van der Waals surface area contributed by atoms with Gasteiger partial charge in [-0.3, -0.25) is 49.0 Å². The first-order valence-electron chi connectivity index (χ1n) is 50.8. The van der Waals surface area contributed by atoms with Gasteiger partial charge in [0.25, 0.3) is 0 Å². The molecule has 0 aliphatic carbocycles. The quantitative estimate of drug-likeness (QED) is 0.0153. The predicted octanol–water partition coefficient (Wildman–Crippen LogP) is 14.0. The van der Waals surface area contributed by atoms with Gasteiger partial charge in [-0.2, -0.15) is 0 Å². The molecule has 0 aromatic heterocycles. The molecule has 0 saturated heterocycles. The molecule has 0 spiro atoms. The summed E-state index contributed by atoms with van der Waals surface area (Å²) in [5, 5.41) is 12.6. The maximum Gasteiger partial charge on any atom is 0.241 e. The molecule has 4 amide bonds. The standard InChI is InChI=1S/C51H108N14O2.C44H92N10O2/c1-3-5-7-9-11-13-15-17-19-21-23-25-43-65(44-26-24-22-20-18-16-14-12-10-8-6-4-2)48(67)46-62-47(66)45-58-33-29-39-63(40-30-34-59-49(52)53)37-27-28-38-64(41-31-35-60-50(54)55)42-32-36-61-51(56)57;1-3-5-7-9-11-13-15-17-19-21-23-26-37-54(38-27-24-22-20-18-16-14-12-10-8-6-4-2)42(56)39-52-41(55)40-53(36-30-34-51-44(47)48)35-28-25-31-49-32-29-33-50-43(45)46/h58H,3-46H2,1-2H3,(H,62,66)(H4,52,53,59)(H4,54,55,60)(H4,56,57,61);49H,3-40H2,1-2H3,(H,52,55)(H4,45,46,50)(H4,47,48,51). The third-order valence-electron chi connectivity index (χ3n) is 23.0. The van der Waals surface area contributed by atoms with Gasteiger partial charge in [-0.1, -0.05) is 310 Å². The molecule has 24 N–H and O–H groups in total. The van der Waals surface area contributed by atoms with E-state index in [0.717, 1.165) is 201 Å². The van der Waals surface area contributed by atoms with E-state index in [9.17, 15) is 19.2 Å². The monoisotopic (exact) mass is 1740 g/mol. The van der Waals surface area contributed by atoms with Crippen LogP contribution in [0.4, 0.5) is 0 Å². The molecule has 0 heterocycles. The molecule has 0 aromatic carbocycles. The van der Waals surface area contributed by atoms with Crippen molar-refractivity contribution >= 4 is 53.4 Å². The molecule has 0 aromatic rings. The molecule has 0 bridgehead atoms. The molecule has 123 heavy (non-hydrogen) atoms. The van der Waals surface area contributed by atoms with Crippen molar-refractivity contribution in [3.8, 4) is 0 Å². The fourth-order valence-corrected chi connectivity index (χ4v) is 15.6. The number of nitrogens with zero attached hydrogens (tertiary/aromatic N) is 10. The van der Waals surface area contributed by atoms with E-state index in [2.05, 4.69) is 88.6 Å². The fourth-order valence-electron chi connectivity index (χ4n) is 15.6. The zero-order chi connectivity index (χ0) is 90.4. The third kappa shape index (κ3) is 93.5. The number of nitrogens with one attached hydrogen (secondary N) is 4. The number of unbranched alkanes of at least 4 members (excludes halogenated alkanes) is 46. The third-order valence-corrected chi connectivity index (χ3v) is 23.0. The molecule has 28 nitrogen and oxygen atoms in total. The second-order valence-electron chi connectivity index (χ2n) is 34.8. The lowest BCUT2D eigenvalue weighted by Gasteiger charge is -2.24. The summed E-state index contributed by atoms with van der Waals surface area (Å²) in [4.78, 5) is 84.5. The maximum atomic E-state index is 13.5. The van der Waals surface area contributed by atoms with Crippen LogP contribution in [0.15, 0.2) is 25.0 Å². The van der Waals surface area contributed by atoms with E-state index < -0.39 is 0 Å². The van der Waals surface area contributed by atoms with Crippen molar-refractivity contribution in [3.63, 3.8) is 0 Å². The first-order valence-corrected chi connectivity index (χ1v) is 50.8. The van der Waals surface area contributed by atoms with E-state index in [4.69, 9.17) is 57.3 Å². The van der Waals surface area contributed by atoms with Gasteiger partial charge in [-0.05, 0) is 155 Å². The molecule has 0 aliphatic heterocycles. The largest absolute Gasteiger partial charge is 0.370 e. The number of carbonyl (C=O) groups excluding carboxylic acids is 4. The van der Waals surface area contributed by atoms with Crippen LogP contribution in [0, 0.1) is 0 Å². The number of carbonyl (C=O) groups is 4. The molecule has 0 rings (SSSR count). The van der Waals surface area contributed by atoms with Crippen molar-refractivity contribution < 1.29 is 19.2 Å². The Balaban J connectivity index is 0. The number of amides is 4. The number of hydrogen-bond acceptors (Lipinski definition) is 14. The molecule has 724 valence electrons. The Labute approximate surface area is 754 Å². The van der Waals surface area contributed by atoms with Crippen molar-refractivity contribution in [2.45, 2.75) is 400 Å². The molecule has 0 atom stereocenters. The summed E-state index contributed by atoms with van der Waals surface area (Å²) < 4.78 is 0. The molecule has 0 unspecified atom stereocenters. The number of rotatable bonds is 94. The van der Waals surface area contributed by atoms with Gasteiger partial charge < -0.3 is 98.2 Å². The van der Waals surface area contributed by atoms with Crippen LogP contribution < -0.4 is 78.6 Å². The van der Waals surface area contributed by atoms with Gasteiger partial charge in [0.15, 0.2) is 29.8 Å². The number of nitrogens with two attached hydrogens (primary N) is 10. The lowest BCUT2D eigenvalue weighted by atomic mass is 10.0. The normalized spacial score (nSPS) is 11.2. The van der Waals surface area contributed by atoms with Crippen molar-refractivity contribution in [3.05, 3.63) is 0 Å². The second kappa shape index (κ2) is 95.1. The average Bonchev–Trinajstić information content (AvgIpc) is 0.933. The minimum atomic E-state index is -0.140. The zero-order valence-electron chi connectivity index (χ0n) is 80.4. The summed E-state index contributed by atoms with van der Waals surface area (Å²) in [6.07, 6.45) is 71.5. The highest BCUT2D eigenvalue weighted by Gasteiger charge is 2.19. The van der Waals surface area contributed by atoms with Crippen molar-refractivity contribution in [1.82, 2.24) is 45.8 Å². The van der Waals surface area contributed by atoms with Gasteiger partial charge in [-0.15, -0.1) is 0 Å². The molecule has 28 heteroatoms. The topological polar surface area (TPSA) is 455 Å². The van der Waals surface area contributed by atoms with E-state index in [1.807, 2.05) is 9.80 Å². The van der Waals surface area contributed by atoms with Gasteiger partial charge >= 0.3 is 0 Å². The SMILES string of the molecule is CCCCCCCCCCCCCCN(CCCCCCCCCCCCCC)C(=O)CNC(=O)CN(CCCCNCCCN=C(N)N)CCCN=C(N)N.CCCCCCCCCCCCCCN(CCCCCCCCCCCCCC)C(=O)CNC(=O)CNCCCN(CCCCN(CCCN=C(N)N)CCCN=C(N)N)CCCN=C(N)N. The van der Waals surface area contributed by atoms with E-state index >= 15 is 0 Å². The lowest BCUT2D eigenvalue weighted by molar-refractivity contribution is -0.133. The van der Waals surface area contributed by atoms with Crippen LogP contribution in [0.1, 0.15) is 400 Å². The number of aliphatic imine (C=N–C) groups is 5. The molecule has 0 radical (unpaired) electrons. The molecule has 0 saturated carbocycles. The summed E-state index contributed by atoms with van der Waals surface area (Å²) in [6, 6.07) is 0. The summed E-state index contributed by atoms with van der Waals surface area (Å²) in [7, 11) is 0. The van der Waals surface area contributed by atoms with Gasteiger partial charge in [0.05, 0.1) is 26.2 Å². The average molecular weight is 1740 g/mol. The Bertz CT molecular complexity index is 2400. The summed E-state index contributed by atoms with van der Waals surface area (Å²) in [6.45, 7) is 25.1. The Morgan fingerprint density at radius 2 is 0.423 bits per heavy atom. The van der Waals surface area contributed by atoms with Crippen LogP contribution >= 0.6 is 0 Å². The van der Waals surface area contributed by atoms with E-state index in [1.165, 1.54) is 257 Å². The number of hydrogen-bond donors (Lipinski definition) is 14. The minimum absolute atomic E-state index is 0.0368. The van der Waals surface area contributed by atoms with Crippen LogP contribution in [-0.2, 0) is 19.2 Å². The summed E-state index contributed by atoms with van der Waals surface area (Å²) in [5.41, 5.74) is 55.0. The van der Waals surface area contributed by atoms with Crippen LogP contribution in [-0.4, -0.2) is 235 Å². The van der Waals surface area contributed by atoms with Crippen LogP contribution in [0.25, 0.3) is 0 Å². The van der Waals surface area contributed by atoms with Gasteiger partial charge in [0, 0.05) is 65.4 Å². The molecular weight excluding hydrogens is 1540 g/mol. The predicted molar refractivity (Wildman–Crippen MR) is 528 cm³/mol. The van der Waals surface area contributed by atoms with E-state index in [0.29, 0.717) is 45.8 Å². The Morgan fingerprint density at radius 3 is 0.715 bits per heavy atom. The lowest BCUT2D eigenvalue weighted by Crippen LogP contribution is -2.44. The number of guanidine groups is 5. The Kier molecular flexibility index (Phi) is 92.1. The second-order valence-corrected chi connectivity index (χ2v) is 34.8. The molecular formula is C95H200N24O4. The fraction of sp³-hybridized carbons (Fsp3) is 0.905. The maximum absolute atomic E-state index is 13.5. The smallest absolute Gasteiger partial charge is 0.241 e. The highest BCUT2D eigenvalue weighted by molar-refractivity contribution is 5.86. The first kappa shape index (κ1) is 119. The van der Waals surface area contributed by atoms with Crippen molar-refractivity contribution in [1.29, 1.82) is 0 Å². The summed E-state index contributed by atoms with van der Waals surface area (Å²) in [5.74, 6) is 0.370. The minimum Gasteiger partial charge on any atom is -0.370 e. The van der Waals surface area contributed by atoms with Crippen LogP contribution in [0.5, 0.6) is 0 Å². The summed E-state index contributed by atoms with van der Waals surface area (Å²) >= 11 is 0. The zero-order valence-corrected chi connectivity index (χ0v) is 80.4. The molecule has 0 aliphatic rings. The first-order chi connectivity index (χ1) is 59.9. The van der Waals surface area contributed by atoms with E-state index in [-0.39, 0.29) is 79.6 Å². The van der Waals surface area contributed by atoms with Gasteiger partial charge in [0.1, 0.15) is 0 Å². The van der Waals surface area contributed by atoms with Crippen LogP contribution in [0.3, 0.4) is 0 Å². The van der Waals surface area contributed by atoms with Gasteiger partial charge in [-0.25, -0.2) is 0 Å². The van der Waals surface area contributed by atoms with Crippen molar-refractivity contribution in [2.24, 2.45) is 82.3 Å².